The third kappa shape index (κ3) is 7.45. The smallest absolute Gasteiger partial charge is 0.257 e. The van der Waals surface area contributed by atoms with Crippen LogP contribution in [0.4, 0.5) is 10.2 Å². The summed E-state index contributed by atoms with van der Waals surface area (Å²) >= 11 is 7.51. The predicted octanol–water partition coefficient (Wildman–Crippen LogP) is 4.85. The number of piperazine rings is 1. The summed E-state index contributed by atoms with van der Waals surface area (Å²) in [6.07, 6.45) is 1.75. The van der Waals surface area contributed by atoms with E-state index in [-0.39, 0.29) is 40.4 Å². The minimum Gasteiger partial charge on any atom is -0.353 e. The third-order valence-electron chi connectivity index (χ3n) is 6.43. The minimum absolute atomic E-state index is 0.0454. The van der Waals surface area contributed by atoms with E-state index in [1.54, 1.807) is 23.1 Å². The largest absolute Gasteiger partial charge is 0.353 e. The van der Waals surface area contributed by atoms with Gasteiger partial charge >= 0.3 is 0 Å². The molecule has 0 bridgehead atoms. The lowest BCUT2D eigenvalue weighted by Crippen LogP contribution is -2.54. The second-order valence-electron chi connectivity index (χ2n) is 9.39. The van der Waals surface area contributed by atoms with Gasteiger partial charge in [0.1, 0.15) is 16.8 Å². The van der Waals surface area contributed by atoms with Crippen molar-refractivity contribution < 1.29 is 14.0 Å². The van der Waals surface area contributed by atoms with Crippen LogP contribution in [0.2, 0.25) is 5.15 Å². The van der Waals surface area contributed by atoms with Gasteiger partial charge in [-0.1, -0.05) is 65.8 Å². The van der Waals surface area contributed by atoms with Crippen molar-refractivity contribution in [1.29, 1.82) is 0 Å². The number of anilines is 1. The Morgan fingerprint density at radius 3 is 2.61 bits per heavy atom. The Morgan fingerprint density at radius 1 is 1.13 bits per heavy atom. The minimum atomic E-state index is -0.522. The van der Waals surface area contributed by atoms with Gasteiger partial charge in [0, 0.05) is 37.8 Å². The van der Waals surface area contributed by atoms with Gasteiger partial charge in [0.05, 0.1) is 11.3 Å². The molecule has 38 heavy (non-hydrogen) atoms. The van der Waals surface area contributed by atoms with E-state index in [2.05, 4.69) is 27.4 Å². The standard InChI is InChI=1S/C28H31ClFN5O2S/c1-19(12-13-21-8-4-3-5-9-21)31-26(36)18-38-28-32-24(29)16-25(33-28)34-14-15-35(20(2)17-34)27(37)22-10-6-7-11-23(22)30/h3-11,16,19-20H,12-15,17-18H2,1-2H3,(H,31,36). The summed E-state index contributed by atoms with van der Waals surface area (Å²) in [7, 11) is 0. The maximum Gasteiger partial charge on any atom is 0.257 e. The molecule has 2 aromatic carbocycles. The fourth-order valence-electron chi connectivity index (χ4n) is 4.42. The molecule has 0 spiro atoms. The zero-order valence-corrected chi connectivity index (χ0v) is 23.0. The van der Waals surface area contributed by atoms with E-state index in [1.807, 2.05) is 36.9 Å². The summed E-state index contributed by atoms with van der Waals surface area (Å²) in [5.41, 5.74) is 1.32. The van der Waals surface area contributed by atoms with Crippen molar-refractivity contribution in [2.24, 2.45) is 0 Å². The van der Waals surface area contributed by atoms with Gasteiger partial charge in [-0.05, 0) is 44.4 Å². The lowest BCUT2D eigenvalue weighted by atomic mass is 10.1. The second kappa shape index (κ2) is 13.1. The van der Waals surface area contributed by atoms with E-state index in [1.165, 1.54) is 29.5 Å². The molecule has 2 heterocycles. The zero-order valence-electron chi connectivity index (χ0n) is 21.4. The molecule has 200 valence electrons. The number of amides is 2. The predicted molar refractivity (Wildman–Crippen MR) is 149 cm³/mol. The molecule has 1 aromatic heterocycles. The Kier molecular flexibility index (Phi) is 9.58. The Bertz CT molecular complexity index is 1270. The Balaban J connectivity index is 1.30. The Hall–Kier alpha value is -3.17. The number of halogens is 2. The molecule has 0 radical (unpaired) electrons. The highest BCUT2D eigenvalue weighted by atomic mass is 35.5. The number of aromatic nitrogens is 2. The number of carbonyl (C=O) groups is 2. The number of aryl methyl sites for hydroxylation is 1. The summed E-state index contributed by atoms with van der Waals surface area (Å²) in [5, 5.41) is 3.73. The number of nitrogens with one attached hydrogen (secondary N) is 1. The quantitative estimate of drug-likeness (QED) is 0.231. The van der Waals surface area contributed by atoms with Crippen molar-refractivity contribution in [2.75, 3.05) is 30.3 Å². The lowest BCUT2D eigenvalue weighted by molar-refractivity contribution is -0.119. The molecule has 1 fully saturated rings. The van der Waals surface area contributed by atoms with Crippen molar-refractivity contribution in [2.45, 2.75) is 43.9 Å². The van der Waals surface area contributed by atoms with Crippen LogP contribution in [0.25, 0.3) is 0 Å². The molecule has 1 aliphatic heterocycles. The SMILES string of the molecule is CC(CCc1ccccc1)NC(=O)CSc1nc(Cl)cc(N2CCN(C(=O)c3ccccc3F)C(C)C2)n1. The van der Waals surface area contributed by atoms with E-state index >= 15 is 0 Å². The van der Waals surface area contributed by atoms with Gasteiger partial charge in [-0.3, -0.25) is 9.59 Å². The molecule has 1 saturated heterocycles. The number of hydrogen-bond donors (Lipinski definition) is 1. The number of hydrogen-bond acceptors (Lipinski definition) is 6. The first-order valence-corrected chi connectivity index (χ1v) is 14.0. The maximum atomic E-state index is 14.1. The second-order valence-corrected chi connectivity index (χ2v) is 10.7. The van der Waals surface area contributed by atoms with Crippen LogP contribution in [0.5, 0.6) is 0 Å². The van der Waals surface area contributed by atoms with Crippen molar-refractivity contribution in [3.63, 3.8) is 0 Å². The van der Waals surface area contributed by atoms with Gasteiger partial charge in [-0.15, -0.1) is 0 Å². The lowest BCUT2D eigenvalue weighted by Gasteiger charge is -2.40. The van der Waals surface area contributed by atoms with Crippen LogP contribution in [0.1, 0.15) is 36.2 Å². The number of thioether (sulfide) groups is 1. The van der Waals surface area contributed by atoms with Gasteiger partial charge in [0.2, 0.25) is 5.91 Å². The van der Waals surface area contributed by atoms with E-state index in [9.17, 15) is 14.0 Å². The van der Waals surface area contributed by atoms with Gasteiger partial charge in [0.25, 0.3) is 5.91 Å². The highest BCUT2D eigenvalue weighted by molar-refractivity contribution is 7.99. The van der Waals surface area contributed by atoms with E-state index in [0.29, 0.717) is 30.6 Å². The van der Waals surface area contributed by atoms with Gasteiger partial charge < -0.3 is 15.1 Å². The van der Waals surface area contributed by atoms with E-state index < -0.39 is 5.82 Å². The van der Waals surface area contributed by atoms with Crippen LogP contribution < -0.4 is 10.2 Å². The topological polar surface area (TPSA) is 78.4 Å². The fraction of sp³-hybridized carbons (Fsp3) is 0.357. The highest BCUT2D eigenvalue weighted by Gasteiger charge is 2.30. The normalized spacial score (nSPS) is 16.3. The van der Waals surface area contributed by atoms with Crippen LogP contribution in [-0.2, 0) is 11.2 Å². The molecule has 4 rings (SSSR count). The number of carbonyl (C=O) groups excluding carboxylic acids is 2. The molecule has 2 unspecified atom stereocenters. The van der Waals surface area contributed by atoms with Crippen LogP contribution in [-0.4, -0.2) is 64.2 Å². The number of nitrogens with zero attached hydrogens (tertiary/aromatic N) is 4. The van der Waals surface area contributed by atoms with Crippen LogP contribution in [0.15, 0.2) is 65.8 Å². The molecule has 0 aliphatic carbocycles. The molecular formula is C28H31ClFN5O2S. The van der Waals surface area contributed by atoms with Crippen molar-refractivity contribution in [1.82, 2.24) is 20.2 Å². The molecule has 1 aliphatic rings. The first kappa shape index (κ1) is 27.9. The van der Waals surface area contributed by atoms with Crippen molar-refractivity contribution in [3.8, 4) is 0 Å². The fourth-order valence-corrected chi connectivity index (χ4v) is 5.31. The van der Waals surface area contributed by atoms with Crippen LogP contribution in [0, 0.1) is 5.82 Å². The first-order valence-electron chi connectivity index (χ1n) is 12.6. The highest BCUT2D eigenvalue weighted by Crippen LogP contribution is 2.25. The maximum absolute atomic E-state index is 14.1. The summed E-state index contributed by atoms with van der Waals surface area (Å²) in [6.45, 7) is 5.37. The van der Waals surface area contributed by atoms with Crippen LogP contribution >= 0.6 is 23.4 Å². The first-order chi connectivity index (χ1) is 18.3. The van der Waals surface area contributed by atoms with Gasteiger partial charge in [-0.25, -0.2) is 14.4 Å². The molecule has 2 amide bonds. The summed E-state index contributed by atoms with van der Waals surface area (Å²) in [6, 6.07) is 17.8. The molecule has 2 atom stereocenters. The Morgan fingerprint density at radius 2 is 1.87 bits per heavy atom. The molecule has 1 N–H and O–H groups in total. The number of rotatable bonds is 9. The zero-order chi connectivity index (χ0) is 27.1. The molecule has 3 aromatic rings. The third-order valence-corrected chi connectivity index (χ3v) is 7.47. The summed E-state index contributed by atoms with van der Waals surface area (Å²) in [5.74, 6) is -0.123. The average Bonchev–Trinajstić information content (AvgIpc) is 2.91. The molecule has 10 heteroatoms. The Labute approximate surface area is 231 Å². The average molecular weight is 556 g/mol. The van der Waals surface area contributed by atoms with Crippen molar-refractivity contribution >= 4 is 41.0 Å². The van der Waals surface area contributed by atoms with Gasteiger partial charge in [0.15, 0.2) is 5.16 Å². The molecule has 7 nitrogen and oxygen atoms in total. The van der Waals surface area contributed by atoms with Crippen molar-refractivity contribution in [3.05, 3.63) is 82.8 Å². The van der Waals surface area contributed by atoms with E-state index in [4.69, 9.17) is 11.6 Å². The molecular weight excluding hydrogens is 525 g/mol. The van der Waals surface area contributed by atoms with E-state index in [0.717, 1.165) is 12.8 Å². The monoisotopic (exact) mass is 555 g/mol. The summed E-state index contributed by atoms with van der Waals surface area (Å²) < 4.78 is 14.1. The molecule has 0 saturated carbocycles. The number of benzene rings is 2. The van der Waals surface area contributed by atoms with Gasteiger partial charge in [-0.2, -0.15) is 0 Å². The summed E-state index contributed by atoms with van der Waals surface area (Å²) in [4.78, 5) is 38.0. The van der Waals surface area contributed by atoms with Crippen LogP contribution in [0.3, 0.4) is 0 Å².